The van der Waals surface area contributed by atoms with E-state index in [-0.39, 0.29) is 5.91 Å². The molecular formula is C15H11ClN4OS. The number of aromatic nitrogens is 3. The third kappa shape index (κ3) is 3.29. The van der Waals surface area contributed by atoms with Crippen LogP contribution in [-0.4, -0.2) is 20.5 Å². The minimum atomic E-state index is -0.262. The van der Waals surface area contributed by atoms with Crippen LogP contribution in [0.1, 0.15) is 16.1 Å². The Labute approximate surface area is 136 Å². The first kappa shape index (κ1) is 14.6. The van der Waals surface area contributed by atoms with Crippen molar-refractivity contribution in [2.75, 3.05) is 0 Å². The number of halogens is 1. The molecule has 0 aliphatic rings. The predicted molar refractivity (Wildman–Crippen MR) is 85.8 cm³/mol. The van der Waals surface area contributed by atoms with Crippen molar-refractivity contribution in [3.63, 3.8) is 0 Å². The average molecular weight is 331 g/mol. The molecule has 3 aromatic rings. The molecule has 7 heteroatoms. The van der Waals surface area contributed by atoms with Crippen LogP contribution in [0.15, 0.2) is 48.8 Å². The van der Waals surface area contributed by atoms with E-state index in [2.05, 4.69) is 19.9 Å². The molecule has 22 heavy (non-hydrogen) atoms. The summed E-state index contributed by atoms with van der Waals surface area (Å²) in [6, 6.07) is 10.9. The summed E-state index contributed by atoms with van der Waals surface area (Å²) in [6.45, 7) is 0.393. The average Bonchev–Trinajstić information content (AvgIpc) is 3.04. The highest BCUT2D eigenvalue weighted by atomic mass is 35.5. The monoisotopic (exact) mass is 330 g/mol. The maximum atomic E-state index is 12.3. The number of nitrogens with one attached hydrogen (secondary N) is 1. The Balaban J connectivity index is 1.76. The van der Waals surface area contributed by atoms with Crippen molar-refractivity contribution in [3.8, 4) is 10.4 Å². The molecule has 0 spiro atoms. The van der Waals surface area contributed by atoms with Gasteiger partial charge >= 0.3 is 0 Å². The molecule has 1 amide bonds. The van der Waals surface area contributed by atoms with Gasteiger partial charge in [0.15, 0.2) is 5.69 Å². The van der Waals surface area contributed by atoms with Crippen LogP contribution in [0.4, 0.5) is 0 Å². The number of pyridine rings is 1. The van der Waals surface area contributed by atoms with Crippen LogP contribution in [0.2, 0.25) is 5.02 Å². The van der Waals surface area contributed by atoms with Crippen LogP contribution in [0.5, 0.6) is 0 Å². The fraction of sp³-hybridized carbons (Fsp3) is 0.0667. The van der Waals surface area contributed by atoms with Gasteiger partial charge in [-0.05, 0) is 40.9 Å². The lowest BCUT2D eigenvalue weighted by Crippen LogP contribution is -2.23. The first-order valence-corrected chi connectivity index (χ1v) is 7.64. The molecule has 2 heterocycles. The van der Waals surface area contributed by atoms with Gasteiger partial charge in [-0.2, -0.15) is 0 Å². The van der Waals surface area contributed by atoms with Crippen molar-refractivity contribution in [3.05, 3.63) is 65.1 Å². The highest BCUT2D eigenvalue weighted by molar-refractivity contribution is 7.09. The molecule has 0 radical (unpaired) electrons. The number of hydrogen-bond donors (Lipinski definition) is 1. The summed E-state index contributed by atoms with van der Waals surface area (Å²) in [6.07, 6.45) is 3.40. The zero-order valence-electron chi connectivity index (χ0n) is 11.4. The molecule has 0 saturated heterocycles. The third-order valence-corrected chi connectivity index (χ3v) is 4.01. The predicted octanol–water partition coefficient (Wildman–Crippen LogP) is 3.18. The van der Waals surface area contributed by atoms with Gasteiger partial charge in [-0.1, -0.05) is 34.3 Å². The van der Waals surface area contributed by atoms with Gasteiger partial charge in [0.1, 0.15) is 0 Å². The van der Waals surface area contributed by atoms with E-state index >= 15 is 0 Å². The molecule has 0 bridgehead atoms. The van der Waals surface area contributed by atoms with E-state index < -0.39 is 0 Å². The Morgan fingerprint density at radius 1 is 1.23 bits per heavy atom. The van der Waals surface area contributed by atoms with Crippen molar-refractivity contribution >= 4 is 29.0 Å². The SMILES string of the molecule is O=C(NCc1cccnc1)c1nnsc1-c1ccc(Cl)cc1. The quantitative estimate of drug-likeness (QED) is 0.797. The second-order valence-electron chi connectivity index (χ2n) is 4.50. The maximum absolute atomic E-state index is 12.3. The summed E-state index contributed by atoms with van der Waals surface area (Å²) >= 11 is 7.06. The molecule has 0 saturated carbocycles. The second kappa shape index (κ2) is 6.64. The summed E-state index contributed by atoms with van der Waals surface area (Å²) < 4.78 is 3.88. The van der Waals surface area contributed by atoms with Crippen molar-refractivity contribution in [2.24, 2.45) is 0 Å². The summed E-state index contributed by atoms with van der Waals surface area (Å²) in [7, 11) is 0. The topological polar surface area (TPSA) is 67.8 Å². The zero-order valence-corrected chi connectivity index (χ0v) is 12.9. The standard InChI is InChI=1S/C15H11ClN4OS/c16-12-5-3-11(4-6-12)14-13(19-20-22-14)15(21)18-9-10-2-1-7-17-8-10/h1-8H,9H2,(H,18,21). The van der Waals surface area contributed by atoms with Gasteiger partial charge in [0.2, 0.25) is 0 Å². The largest absolute Gasteiger partial charge is 0.346 e. The molecule has 0 unspecified atom stereocenters. The van der Waals surface area contributed by atoms with Gasteiger partial charge in [-0.25, -0.2) is 0 Å². The summed E-state index contributed by atoms with van der Waals surface area (Å²) in [5, 5.41) is 7.40. The molecule has 110 valence electrons. The van der Waals surface area contributed by atoms with Crippen LogP contribution in [0.3, 0.4) is 0 Å². The van der Waals surface area contributed by atoms with Crippen molar-refractivity contribution < 1.29 is 4.79 Å². The molecule has 0 aliphatic heterocycles. The normalized spacial score (nSPS) is 10.4. The van der Waals surface area contributed by atoms with Crippen molar-refractivity contribution in [2.45, 2.75) is 6.54 Å². The first-order valence-electron chi connectivity index (χ1n) is 6.49. The molecule has 1 aromatic carbocycles. The van der Waals surface area contributed by atoms with Crippen LogP contribution >= 0.6 is 23.1 Å². The number of benzene rings is 1. The highest BCUT2D eigenvalue weighted by Gasteiger charge is 2.17. The van der Waals surface area contributed by atoms with E-state index in [1.54, 1.807) is 24.5 Å². The van der Waals surface area contributed by atoms with Gasteiger partial charge in [-0.3, -0.25) is 9.78 Å². The van der Waals surface area contributed by atoms with E-state index in [9.17, 15) is 4.79 Å². The van der Waals surface area contributed by atoms with Crippen LogP contribution in [0, 0.1) is 0 Å². The van der Waals surface area contributed by atoms with Gasteiger partial charge in [0.05, 0.1) is 4.88 Å². The fourth-order valence-corrected chi connectivity index (χ4v) is 2.69. The lowest BCUT2D eigenvalue weighted by Gasteiger charge is -2.04. The van der Waals surface area contributed by atoms with E-state index in [4.69, 9.17) is 11.6 Å². The Bertz CT molecular complexity index is 774. The molecule has 2 aromatic heterocycles. The number of amides is 1. The molecule has 3 rings (SSSR count). The second-order valence-corrected chi connectivity index (χ2v) is 5.69. The first-order chi connectivity index (χ1) is 10.7. The Morgan fingerprint density at radius 3 is 2.77 bits per heavy atom. The van der Waals surface area contributed by atoms with Crippen LogP contribution < -0.4 is 5.32 Å². The van der Waals surface area contributed by atoms with E-state index in [1.165, 1.54) is 11.5 Å². The third-order valence-electron chi connectivity index (χ3n) is 2.99. The minimum absolute atomic E-state index is 0.262. The fourth-order valence-electron chi connectivity index (χ4n) is 1.90. The lowest BCUT2D eigenvalue weighted by atomic mass is 10.1. The molecular weight excluding hydrogens is 320 g/mol. The van der Waals surface area contributed by atoms with Gasteiger partial charge in [-0.15, -0.1) is 5.10 Å². The molecule has 0 fully saturated rings. The summed E-state index contributed by atoms with van der Waals surface area (Å²) in [5.74, 6) is -0.262. The minimum Gasteiger partial charge on any atom is -0.346 e. The summed E-state index contributed by atoms with van der Waals surface area (Å²) in [5.41, 5.74) is 2.11. The Kier molecular flexibility index (Phi) is 4.41. The van der Waals surface area contributed by atoms with E-state index in [1.807, 2.05) is 24.3 Å². The lowest BCUT2D eigenvalue weighted by molar-refractivity contribution is 0.0946. The van der Waals surface area contributed by atoms with Gasteiger partial charge in [0, 0.05) is 24.0 Å². The van der Waals surface area contributed by atoms with Gasteiger partial charge in [0.25, 0.3) is 5.91 Å². The van der Waals surface area contributed by atoms with Crippen molar-refractivity contribution in [1.29, 1.82) is 0 Å². The Hall–Kier alpha value is -2.31. The van der Waals surface area contributed by atoms with Crippen LogP contribution in [-0.2, 0) is 6.54 Å². The van der Waals surface area contributed by atoms with E-state index in [0.29, 0.717) is 17.3 Å². The number of nitrogens with zero attached hydrogens (tertiary/aromatic N) is 3. The molecule has 0 atom stereocenters. The number of hydrogen-bond acceptors (Lipinski definition) is 5. The molecule has 5 nitrogen and oxygen atoms in total. The number of carbonyl (C=O) groups is 1. The van der Waals surface area contributed by atoms with Gasteiger partial charge < -0.3 is 5.32 Å². The highest BCUT2D eigenvalue weighted by Crippen LogP contribution is 2.27. The van der Waals surface area contributed by atoms with E-state index in [0.717, 1.165) is 16.0 Å². The molecule has 1 N–H and O–H groups in total. The number of rotatable bonds is 4. The smallest absolute Gasteiger partial charge is 0.273 e. The summed E-state index contributed by atoms with van der Waals surface area (Å²) in [4.78, 5) is 17.0. The van der Waals surface area contributed by atoms with Crippen LogP contribution in [0.25, 0.3) is 10.4 Å². The Morgan fingerprint density at radius 2 is 2.05 bits per heavy atom. The molecule has 0 aliphatic carbocycles. The van der Waals surface area contributed by atoms with Crippen molar-refractivity contribution in [1.82, 2.24) is 19.9 Å². The number of carbonyl (C=O) groups excluding carboxylic acids is 1. The zero-order chi connectivity index (χ0) is 15.4. The maximum Gasteiger partial charge on any atom is 0.273 e.